The second-order valence-corrected chi connectivity index (χ2v) is 5.41. The summed E-state index contributed by atoms with van der Waals surface area (Å²) in [6, 6.07) is 5.75. The molecule has 2 aromatic rings. The number of aromatic nitrogens is 1. The highest BCUT2D eigenvalue weighted by Gasteiger charge is 2.14. The van der Waals surface area contributed by atoms with Crippen LogP contribution in [-0.2, 0) is 13.0 Å². The van der Waals surface area contributed by atoms with E-state index in [-0.39, 0.29) is 6.04 Å². The molecule has 1 atom stereocenters. The van der Waals surface area contributed by atoms with Gasteiger partial charge in [0.25, 0.3) is 0 Å². The SMILES string of the molecule is Cc1noc(C)c1COc1c(Cl)cccc1CC(C)N. The van der Waals surface area contributed by atoms with Crippen molar-refractivity contribution in [1.82, 2.24) is 5.16 Å². The first-order valence-electron chi connectivity index (χ1n) is 6.56. The Labute approximate surface area is 123 Å². The predicted octanol–water partition coefficient (Wildman–Crippen LogP) is 3.41. The lowest BCUT2D eigenvalue weighted by Gasteiger charge is -2.14. The van der Waals surface area contributed by atoms with Crippen molar-refractivity contribution in [1.29, 1.82) is 0 Å². The van der Waals surface area contributed by atoms with Crippen molar-refractivity contribution in [3.05, 3.63) is 45.8 Å². The van der Waals surface area contributed by atoms with E-state index in [0.717, 1.165) is 29.0 Å². The Hall–Kier alpha value is -1.52. The Morgan fingerprint density at radius 1 is 1.40 bits per heavy atom. The van der Waals surface area contributed by atoms with Gasteiger partial charge in [0.15, 0.2) is 0 Å². The molecule has 0 radical (unpaired) electrons. The number of para-hydroxylation sites is 1. The van der Waals surface area contributed by atoms with Gasteiger partial charge in [-0.05, 0) is 38.8 Å². The maximum atomic E-state index is 6.23. The van der Waals surface area contributed by atoms with Crippen LogP contribution in [0.5, 0.6) is 5.75 Å². The standard InChI is InChI=1S/C15H19ClN2O2/c1-9(17)7-12-5-4-6-14(16)15(12)19-8-13-10(2)18-20-11(13)3/h4-6,9H,7-8,17H2,1-3H3. The Balaban J connectivity index is 2.20. The van der Waals surface area contributed by atoms with Crippen LogP contribution in [0.25, 0.3) is 0 Å². The van der Waals surface area contributed by atoms with Gasteiger partial charge in [-0.2, -0.15) is 0 Å². The number of rotatable bonds is 5. The molecule has 2 rings (SSSR count). The fourth-order valence-corrected chi connectivity index (χ4v) is 2.32. The minimum absolute atomic E-state index is 0.0508. The lowest BCUT2D eigenvalue weighted by atomic mass is 10.1. The fourth-order valence-electron chi connectivity index (χ4n) is 2.08. The third-order valence-electron chi connectivity index (χ3n) is 3.13. The second kappa shape index (κ2) is 6.29. The van der Waals surface area contributed by atoms with Gasteiger partial charge in [0.05, 0.1) is 16.3 Å². The topological polar surface area (TPSA) is 61.3 Å². The van der Waals surface area contributed by atoms with Crippen LogP contribution in [0.1, 0.15) is 29.5 Å². The highest BCUT2D eigenvalue weighted by Crippen LogP contribution is 2.30. The van der Waals surface area contributed by atoms with Crippen LogP contribution < -0.4 is 10.5 Å². The summed E-state index contributed by atoms with van der Waals surface area (Å²) < 4.78 is 11.0. The Morgan fingerprint density at radius 3 is 2.75 bits per heavy atom. The number of hydrogen-bond acceptors (Lipinski definition) is 4. The molecule has 1 unspecified atom stereocenters. The summed E-state index contributed by atoms with van der Waals surface area (Å²) in [5.41, 5.74) is 8.66. The van der Waals surface area contributed by atoms with Crippen molar-refractivity contribution in [2.45, 2.75) is 39.8 Å². The lowest BCUT2D eigenvalue weighted by Crippen LogP contribution is -2.18. The molecular weight excluding hydrogens is 276 g/mol. The van der Waals surface area contributed by atoms with Gasteiger partial charge < -0.3 is 15.0 Å². The van der Waals surface area contributed by atoms with E-state index in [1.54, 1.807) is 0 Å². The van der Waals surface area contributed by atoms with E-state index in [4.69, 9.17) is 26.6 Å². The molecule has 0 aliphatic carbocycles. The molecule has 0 spiro atoms. The number of benzene rings is 1. The highest BCUT2D eigenvalue weighted by molar-refractivity contribution is 6.32. The summed E-state index contributed by atoms with van der Waals surface area (Å²) in [6.45, 7) is 6.11. The van der Waals surface area contributed by atoms with E-state index < -0.39 is 0 Å². The van der Waals surface area contributed by atoms with Crippen molar-refractivity contribution in [3.63, 3.8) is 0 Å². The number of aryl methyl sites for hydroxylation is 2. The van der Waals surface area contributed by atoms with Crippen molar-refractivity contribution in [2.24, 2.45) is 5.73 Å². The minimum atomic E-state index is 0.0508. The smallest absolute Gasteiger partial charge is 0.141 e. The van der Waals surface area contributed by atoms with Gasteiger partial charge in [-0.1, -0.05) is 28.9 Å². The summed E-state index contributed by atoms with van der Waals surface area (Å²) >= 11 is 6.23. The van der Waals surface area contributed by atoms with E-state index in [2.05, 4.69) is 5.16 Å². The van der Waals surface area contributed by atoms with Crippen molar-refractivity contribution in [2.75, 3.05) is 0 Å². The molecule has 0 aliphatic rings. The fraction of sp³-hybridized carbons (Fsp3) is 0.400. The van der Waals surface area contributed by atoms with Gasteiger partial charge in [-0.3, -0.25) is 0 Å². The first-order valence-corrected chi connectivity index (χ1v) is 6.94. The third kappa shape index (κ3) is 3.32. The van der Waals surface area contributed by atoms with Crippen LogP contribution in [0, 0.1) is 13.8 Å². The van der Waals surface area contributed by atoms with Gasteiger partial charge in [0, 0.05) is 6.04 Å². The van der Waals surface area contributed by atoms with Gasteiger partial charge >= 0.3 is 0 Å². The molecule has 1 aromatic carbocycles. The average Bonchev–Trinajstić information content (AvgIpc) is 2.68. The Bertz CT molecular complexity index is 574. The Kier molecular flexibility index (Phi) is 4.68. The molecule has 0 saturated heterocycles. The molecule has 108 valence electrons. The summed E-state index contributed by atoms with van der Waals surface area (Å²) in [5.74, 6) is 1.45. The number of hydrogen-bond donors (Lipinski definition) is 1. The molecule has 4 nitrogen and oxygen atoms in total. The van der Waals surface area contributed by atoms with Gasteiger partial charge in [-0.25, -0.2) is 0 Å². The van der Waals surface area contributed by atoms with Gasteiger partial charge in [0.2, 0.25) is 0 Å². The summed E-state index contributed by atoms with van der Waals surface area (Å²) in [6.07, 6.45) is 0.720. The Morgan fingerprint density at radius 2 is 2.15 bits per heavy atom. The van der Waals surface area contributed by atoms with Crippen LogP contribution in [0.4, 0.5) is 0 Å². The molecule has 0 saturated carbocycles. The number of nitrogens with zero attached hydrogens (tertiary/aromatic N) is 1. The zero-order valence-corrected chi connectivity index (χ0v) is 12.7. The molecule has 0 bridgehead atoms. The number of halogens is 1. The maximum absolute atomic E-state index is 6.23. The van der Waals surface area contributed by atoms with Crippen LogP contribution in [0.3, 0.4) is 0 Å². The van der Waals surface area contributed by atoms with Crippen LogP contribution in [-0.4, -0.2) is 11.2 Å². The predicted molar refractivity (Wildman–Crippen MR) is 79.1 cm³/mol. The molecular formula is C15H19ClN2O2. The van der Waals surface area contributed by atoms with E-state index in [9.17, 15) is 0 Å². The number of nitrogens with two attached hydrogens (primary N) is 1. The highest BCUT2D eigenvalue weighted by atomic mass is 35.5. The molecule has 20 heavy (non-hydrogen) atoms. The van der Waals surface area contributed by atoms with Crippen LogP contribution >= 0.6 is 11.6 Å². The normalized spacial score (nSPS) is 12.4. The second-order valence-electron chi connectivity index (χ2n) is 5.00. The third-order valence-corrected chi connectivity index (χ3v) is 3.43. The lowest BCUT2D eigenvalue weighted by molar-refractivity contribution is 0.298. The average molecular weight is 295 g/mol. The summed E-state index contributed by atoms with van der Waals surface area (Å²) in [4.78, 5) is 0. The minimum Gasteiger partial charge on any atom is -0.487 e. The van der Waals surface area contributed by atoms with E-state index in [0.29, 0.717) is 17.4 Å². The van der Waals surface area contributed by atoms with E-state index >= 15 is 0 Å². The van der Waals surface area contributed by atoms with Gasteiger partial charge in [-0.15, -0.1) is 0 Å². The summed E-state index contributed by atoms with van der Waals surface area (Å²) in [7, 11) is 0. The van der Waals surface area contributed by atoms with E-state index in [1.807, 2.05) is 39.0 Å². The summed E-state index contributed by atoms with van der Waals surface area (Å²) in [5, 5.41) is 4.51. The van der Waals surface area contributed by atoms with Crippen molar-refractivity contribution in [3.8, 4) is 5.75 Å². The van der Waals surface area contributed by atoms with Crippen molar-refractivity contribution < 1.29 is 9.26 Å². The van der Waals surface area contributed by atoms with E-state index in [1.165, 1.54) is 0 Å². The molecule has 2 N–H and O–H groups in total. The maximum Gasteiger partial charge on any atom is 0.141 e. The molecule has 0 amide bonds. The molecule has 1 heterocycles. The van der Waals surface area contributed by atoms with Gasteiger partial charge in [0.1, 0.15) is 18.1 Å². The number of ether oxygens (including phenoxy) is 1. The van der Waals surface area contributed by atoms with Crippen LogP contribution in [0.15, 0.2) is 22.7 Å². The van der Waals surface area contributed by atoms with Crippen LogP contribution in [0.2, 0.25) is 5.02 Å². The largest absolute Gasteiger partial charge is 0.487 e. The first-order chi connectivity index (χ1) is 9.49. The molecule has 0 aliphatic heterocycles. The zero-order chi connectivity index (χ0) is 14.7. The molecule has 1 aromatic heterocycles. The monoisotopic (exact) mass is 294 g/mol. The molecule has 5 heteroatoms. The zero-order valence-electron chi connectivity index (χ0n) is 11.9. The molecule has 0 fully saturated rings. The quantitative estimate of drug-likeness (QED) is 0.918. The first kappa shape index (κ1) is 14.9. The van der Waals surface area contributed by atoms with Crippen molar-refractivity contribution >= 4 is 11.6 Å².